The first-order valence-electron chi connectivity index (χ1n) is 15.1. The Labute approximate surface area is 272 Å². The number of hydrogen-bond donors (Lipinski definition) is 0. The van der Waals surface area contributed by atoms with Gasteiger partial charge in [-0.15, -0.1) is 34.0 Å². The van der Waals surface area contributed by atoms with Crippen LogP contribution >= 0.6 is 34.0 Å². The molecule has 0 radical (unpaired) electrons. The molecule has 3 aromatic heterocycles. The molecule has 0 nitrogen and oxygen atoms in total. The van der Waals surface area contributed by atoms with Gasteiger partial charge in [-0.25, -0.2) is 0 Å². The van der Waals surface area contributed by atoms with Crippen molar-refractivity contribution in [3.05, 3.63) is 145 Å². The molecule has 10 rings (SSSR count). The molecule has 7 aromatic carbocycles. The van der Waals surface area contributed by atoms with Crippen LogP contribution in [-0.2, 0) is 0 Å². The van der Waals surface area contributed by atoms with E-state index in [4.69, 9.17) is 0 Å². The van der Waals surface area contributed by atoms with Gasteiger partial charge in [0, 0.05) is 24.9 Å². The summed E-state index contributed by atoms with van der Waals surface area (Å²) < 4.78 is 6.91. The first-order valence-corrected chi connectivity index (χ1v) is 17.6. The number of fused-ring (bicyclic) bond motifs is 8. The zero-order chi connectivity index (χ0) is 29.5. The minimum atomic E-state index is 1.24. The molecule has 0 spiro atoms. The number of rotatable bonds is 3. The molecule has 0 saturated carbocycles. The summed E-state index contributed by atoms with van der Waals surface area (Å²) in [6.07, 6.45) is 0. The Balaban J connectivity index is 0.972. The summed E-state index contributed by atoms with van der Waals surface area (Å²) in [6.45, 7) is 0. The molecule has 0 unspecified atom stereocenters. The Kier molecular flexibility index (Phi) is 5.59. The van der Waals surface area contributed by atoms with Crippen LogP contribution in [-0.4, -0.2) is 0 Å². The summed E-state index contributed by atoms with van der Waals surface area (Å²) in [4.78, 5) is 0. The summed E-state index contributed by atoms with van der Waals surface area (Å²) in [5.74, 6) is 0. The topological polar surface area (TPSA) is 0 Å². The van der Waals surface area contributed by atoms with Gasteiger partial charge in [0.05, 0.1) is 9.40 Å². The quantitative estimate of drug-likeness (QED) is 0.183. The summed E-state index contributed by atoms with van der Waals surface area (Å²) in [5.41, 5.74) is 7.48. The van der Waals surface area contributed by atoms with E-state index in [9.17, 15) is 0 Å². The number of thiophene rings is 3. The van der Waals surface area contributed by atoms with Crippen molar-refractivity contribution in [2.75, 3.05) is 0 Å². The fourth-order valence-corrected chi connectivity index (χ4v) is 10.2. The van der Waals surface area contributed by atoms with Gasteiger partial charge in [-0.1, -0.05) is 91.0 Å². The fourth-order valence-electron chi connectivity index (χ4n) is 6.72. The highest BCUT2D eigenvalue weighted by Gasteiger charge is 2.14. The first kappa shape index (κ1) is 25.5. The third-order valence-corrected chi connectivity index (χ3v) is 12.5. The third-order valence-electron chi connectivity index (χ3n) is 9.13. The second-order valence-electron chi connectivity index (χ2n) is 11.8. The molecule has 0 aliphatic heterocycles. The lowest BCUT2D eigenvalue weighted by atomic mass is 9.96. The highest BCUT2D eigenvalue weighted by Crippen LogP contribution is 2.46. The highest BCUT2D eigenvalue weighted by molar-refractivity contribution is 7.36. The molecule has 0 amide bonds. The van der Waals surface area contributed by atoms with Gasteiger partial charge < -0.3 is 0 Å². The lowest BCUT2D eigenvalue weighted by Gasteiger charge is -2.08. The zero-order valence-electron chi connectivity index (χ0n) is 24.1. The van der Waals surface area contributed by atoms with Crippen LogP contribution in [0.4, 0.5) is 0 Å². The van der Waals surface area contributed by atoms with E-state index in [0.717, 1.165) is 0 Å². The van der Waals surface area contributed by atoms with Crippen molar-refractivity contribution in [2.24, 2.45) is 0 Å². The van der Waals surface area contributed by atoms with Crippen LogP contribution < -0.4 is 0 Å². The summed E-state index contributed by atoms with van der Waals surface area (Å²) in [5, 5.41) is 11.5. The number of hydrogen-bond acceptors (Lipinski definition) is 3. The minimum absolute atomic E-state index is 1.24. The molecule has 0 bridgehead atoms. The summed E-state index contributed by atoms with van der Waals surface area (Å²) in [6, 6.07) is 52.0. The standard InChI is InChI=1S/C42H24S3/c1-2-4-30-23-39-36(21-29(30)3-1)41-42(44-39)37-22-33-14-13-31(20-35(33)24-40(37)45-41)27-9-5-25(6-10-27)26-7-11-28(12-8-26)32-15-16-38-34(19-32)17-18-43-38/h1-24H. The van der Waals surface area contributed by atoms with Crippen LogP contribution in [0.2, 0.25) is 0 Å². The normalized spacial score (nSPS) is 12.0. The van der Waals surface area contributed by atoms with E-state index < -0.39 is 0 Å². The van der Waals surface area contributed by atoms with Gasteiger partial charge in [-0.05, 0) is 114 Å². The molecule has 10 aromatic rings. The predicted octanol–water partition coefficient (Wildman–Crippen LogP) is 13.8. The van der Waals surface area contributed by atoms with Gasteiger partial charge in [-0.3, -0.25) is 0 Å². The molecular formula is C42H24S3. The predicted molar refractivity (Wildman–Crippen MR) is 201 cm³/mol. The van der Waals surface area contributed by atoms with E-state index in [0.29, 0.717) is 0 Å². The maximum Gasteiger partial charge on any atom is 0.0542 e. The van der Waals surface area contributed by atoms with Crippen LogP contribution in [0, 0.1) is 0 Å². The second-order valence-corrected chi connectivity index (χ2v) is 14.8. The van der Waals surface area contributed by atoms with Crippen molar-refractivity contribution >= 4 is 95.2 Å². The SMILES string of the molecule is c1ccc2cc3c(cc2c1)sc1c2cc4ccc(-c5ccc(-c6ccc(-c7ccc8sccc8c7)cc6)cc5)cc4cc2sc31. The van der Waals surface area contributed by atoms with Crippen LogP contribution in [0.15, 0.2) is 145 Å². The molecule has 0 fully saturated rings. The molecule has 3 heterocycles. The van der Waals surface area contributed by atoms with E-state index in [1.807, 2.05) is 22.7 Å². The molecule has 0 aliphatic carbocycles. The molecule has 45 heavy (non-hydrogen) atoms. The Morgan fingerprint density at radius 1 is 0.311 bits per heavy atom. The average Bonchev–Trinajstić information content (AvgIpc) is 3.80. The maximum absolute atomic E-state index is 2.40. The van der Waals surface area contributed by atoms with Gasteiger partial charge in [0.1, 0.15) is 0 Å². The van der Waals surface area contributed by atoms with E-state index >= 15 is 0 Å². The Hall–Kier alpha value is -4.80. The van der Waals surface area contributed by atoms with E-state index in [1.54, 1.807) is 11.3 Å². The molecule has 3 heteroatoms. The average molecular weight is 625 g/mol. The lowest BCUT2D eigenvalue weighted by molar-refractivity contribution is 1.59. The van der Waals surface area contributed by atoms with Crippen LogP contribution in [0.3, 0.4) is 0 Å². The zero-order valence-corrected chi connectivity index (χ0v) is 26.5. The third kappa shape index (κ3) is 4.16. The Bertz CT molecular complexity index is 2740. The van der Waals surface area contributed by atoms with Crippen molar-refractivity contribution in [3.8, 4) is 33.4 Å². The molecule has 0 N–H and O–H groups in total. The van der Waals surface area contributed by atoms with Gasteiger partial charge >= 0.3 is 0 Å². The van der Waals surface area contributed by atoms with E-state index in [2.05, 4.69) is 145 Å². The van der Waals surface area contributed by atoms with Gasteiger partial charge in [0.15, 0.2) is 0 Å². The lowest BCUT2D eigenvalue weighted by Crippen LogP contribution is -1.83. The maximum atomic E-state index is 2.40. The molecule has 0 atom stereocenters. The summed E-state index contributed by atoms with van der Waals surface area (Å²) >= 11 is 5.66. The van der Waals surface area contributed by atoms with Crippen molar-refractivity contribution < 1.29 is 0 Å². The van der Waals surface area contributed by atoms with Crippen LogP contribution in [0.25, 0.3) is 94.6 Å². The summed E-state index contributed by atoms with van der Waals surface area (Å²) in [7, 11) is 0. The van der Waals surface area contributed by atoms with Crippen LogP contribution in [0.1, 0.15) is 0 Å². The molecule has 0 saturated heterocycles. The minimum Gasteiger partial charge on any atom is -0.144 e. The fraction of sp³-hybridized carbons (Fsp3) is 0. The van der Waals surface area contributed by atoms with Crippen molar-refractivity contribution in [1.82, 2.24) is 0 Å². The monoisotopic (exact) mass is 624 g/mol. The Morgan fingerprint density at radius 3 is 1.40 bits per heavy atom. The molecular weight excluding hydrogens is 601 g/mol. The highest BCUT2D eigenvalue weighted by atomic mass is 32.1. The smallest absolute Gasteiger partial charge is 0.0542 e. The van der Waals surface area contributed by atoms with E-state index in [-0.39, 0.29) is 0 Å². The van der Waals surface area contributed by atoms with Crippen molar-refractivity contribution in [3.63, 3.8) is 0 Å². The largest absolute Gasteiger partial charge is 0.144 e. The van der Waals surface area contributed by atoms with Gasteiger partial charge in [0.2, 0.25) is 0 Å². The van der Waals surface area contributed by atoms with Crippen LogP contribution in [0.5, 0.6) is 0 Å². The van der Waals surface area contributed by atoms with Gasteiger partial charge in [0.25, 0.3) is 0 Å². The Morgan fingerprint density at radius 2 is 0.778 bits per heavy atom. The van der Waals surface area contributed by atoms with Gasteiger partial charge in [-0.2, -0.15) is 0 Å². The molecule has 0 aliphatic rings. The number of benzene rings is 7. The van der Waals surface area contributed by atoms with Crippen molar-refractivity contribution in [1.29, 1.82) is 0 Å². The second kappa shape index (κ2) is 9.85. The first-order chi connectivity index (χ1) is 22.2. The van der Waals surface area contributed by atoms with Crippen molar-refractivity contribution in [2.45, 2.75) is 0 Å². The van der Waals surface area contributed by atoms with E-state index in [1.165, 1.54) is 94.6 Å². The molecule has 210 valence electrons.